The van der Waals surface area contributed by atoms with Gasteiger partial charge in [0.2, 0.25) is 0 Å². The molecule has 2 aromatic rings. The Morgan fingerprint density at radius 2 is 2.29 bits per heavy atom. The van der Waals surface area contributed by atoms with E-state index in [1.54, 1.807) is 25.3 Å². The molecular formula is C11H13N5O. The minimum Gasteiger partial charge on any atom is -0.396 e. The summed E-state index contributed by atoms with van der Waals surface area (Å²) in [5.41, 5.74) is 13.4. The molecule has 0 radical (unpaired) electrons. The van der Waals surface area contributed by atoms with Crippen LogP contribution in [0.25, 0.3) is 0 Å². The van der Waals surface area contributed by atoms with Crippen molar-refractivity contribution in [3.8, 4) is 0 Å². The van der Waals surface area contributed by atoms with Gasteiger partial charge < -0.3 is 11.5 Å². The highest BCUT2D eigenvalue weighted by molar-refractivity contribution is 5.95. The number of carbonyl (C=O) groups is 1. The van der Waals surface area contributed by atoms with Crippen LogP contribution >= 0.6 is 0 Å². The molecule has 6 nitrogen and oxygen atoms in total. The van der Waals surface area contributed by atoms with Gasteiger partial charge in [-0.2, -0.15) is 5.10 Å². The number of hydrogen-bond donors (Lipinski definition) is 2. The number of pyridine rings is 1. The summed E-state index contributed by atoms with van der Waals surface area (Å²) in [5.74, 6) is -0.248. The van der Waals surface area contributed by atoms with Gasteiger partial charge in [-0.05, 0) is 19.1 Å². The molecule has 0 unspecified atom stereocenters. The second-order valence-electron chi connectivity index (χ2n) is 3.66. The van der Waals surface area contributed by atoms with Crippen LogP contribution in [0.15, 0.2) is 24.5 Å². The van der Waals surface area contributed by atoms with E-state index in [9.17, 15) is 4.79 Å². The molecule has 6 heteroatoms. The van der Waals surface area contributed by atoms with Crippen LogP contribution in [0.4, 0.5) is 5.69 Å². The van der Waals surface area contributed by atoms with Gasteiger partial charge in [0.25, 0.3) is 5.91 Å². The third kappa shape index (κ3) is 2.16. The lowest BCUT2D eigenvalue weighted by molar-refractivity contribution is 0.0944. The predicted octanol–water partition coefficient (Wildman–Crippen LogP) is 0.316. The van der Waals surface area contributed by atoms with Gasteiger partial charge in [0.05, 0.1) is 23.3 Å². The molecule has 17 heavy (non-hydrogen) atoms. The first-order chi connectivity index (χ1) is 8.11. The van der Waals surface area contributed by atoms with E-state index in [1.807, 2.05) is 0 Å². The SMILES string of the molecule is Cc1nn(C(=O)c2ccnc(CN)c2)cc1N. The number of nitrogens with zero attached hydrogens (tertiary/aromatic N) is 3. The van der Waals surface area contributed by atoms with E-state index >= 15 is 0 Å². The van der Waals surface area contributed by atoms with E-state index in [-0.39, 0.29) is 5.91 Å². The third-order valence-electron chi connectivity index (χ3n) is 2.42. The molecule has 0 fully saturated rings. The molecule has 0 spiro atoms. The number of aromatic nitrogens is 3. The van der Waals surface area contributed by atoms with Crippen molar-refractivity contribution in [1.82, 2.24) is 14.8 Å². The monoisotopic (exact) mass is 231 g/mol. The van der Waals surface area contributed by atoms with Gasteiger partial charge in [-0.15, -0.1) is 0 Å². The van der Waals surface area contributed by atoms with E-state index < -0.39 is 0 Å². The third-order valence-corrected chi connectivity index (χ3v) is 2.42. The maximum Gasteiger partial charge on any atom is 0.278 e. The Balaban J connectivity index is 2.36. The number of carbonyl (C=O) groups excluding carboxylic acids is 1. The number of rotatable bonds is 2. The van der Waals surface area contributed by atoms with E-state index in [4.69, 9.17) is 11.5 Å². The van der Waals surface area contributed by atoms with Crippen molar-refractivity contribution in [3.63, 3.8) is 0 Å². The van der Waals surface area contributed by atoms with Crippen LogP contribution in [0.1, 0.15) is 21.7 Å². The fourth-order valence-electron chi connectivity index (χ4n) is 1.43. The summed E-state index contributed by atoms with van der Waals surface area (Å²) in [6.07, 6.45) is 3.05. The number of nitrogen functional groups attached to an aromatic ring is 1. The molecule has 0 aliphatic rings. The van der Waals surface area contributed by atoms with E-state index in [0.29, 0.717) is 29.2 Å². The number of nitrogens with two attached hydrogens (primary N) is 2. The summed E-state index contributed by atoms with van der Waals surface area (Å²) in [4.78, 5) is 16.1. The lowest BCUT2D eigenvalue weighted by atomic mass is 10.2. The smallest absolute Gasteiger partial charge is 0.278 e. The number of aryl methyl sites for hydroxylation is 1. The summed E-state index contributed by atoms with van der Waals surface area (Å²) in [5, 5.41) is 4.03. The van der Waals surface area contributed by atoms with E-state index in [2.05, 4.69) is 10.1 Å². The molecule has 0 aliphatic heterocycles. The van der Waals surface area contributed by atoms with Gasteiger partial charge in [-0.1, -0.05) is 0 Å². The first kappa shape index (κ1) is 11.3. The topological polar surface area (TPSA) is 99.8 Å². The van der Waals surface area contributed by atoms with Crippen LogP contribution in [-0.4, -0.2) is 20.7 Å². The summed E-state index contributed by atoms with van der Waals surface area (Å²) >= 11 is 0. The summed E-state index contributed by atoms with van der Waals surface area (Å²) in [6.45, 7) is 2.04. The molecule has 2 heterocycles. The molecule has 0 bridgehead atoms. The van der Waals surface area contributed by atoms with Gasteiger partial charge in [0.15, 0.2) is 0 Å². The van der Waals surface area contributed by atoms with Gasteiger partial charge >= 0.3 is 0 Å². The second kappa shape index (κ2) is 4.34. The highest BCUT2D eigenvalue weighted by Crippen LogP contribution is 2.10. The molecule has 4 N–H and O–H groups in total. The highest BCUT2D eigenvalue weighted by Gasteiger charge is 2.12. The minimum absolute atomic E-state index is 0.248. The summed E-state index contributed by atoms with van der Waals surface area (Å²) < 4.78 is 1.22. The van der Waals surface area contributed by atoms with Crippen molar-refractivity contribution in [2.75, 3.05) is 5.73 Å². The van der Waals surface area contributed by atoms with Crippen molar-refractivity contribution < 1.29 is 4.79 Å². The van der Waals surface area contributed by atoms with Crippen molar-refractivity contribution >= 4 is 11.6 Å². The first-order valence-corrected chi connectivity index (χ1v) is 5.13. The van der Waals surface area contributed by atoms with E-state index in [1.165, 1.54) is 10.9 Å². The van der Waals surface area contributed by atoms with Crippen LogP contribution in [0.2, 0.25) is 0 Å². The zero-order valence-corrected chi connectivity index (χ0v) is 9.42. The van der Waals surface area contributed by atoms with Crippen LogP contribution in [-0.2, 0) is 6.54 Å². The lowest BCUT2D eigenvalue weighted by Crippen LogP contribution is -2.14. The first-order valence-electron chi connectivity index (χ1n) is 5.13. The number of hydrogen-bond acceptors (Lipinski definition) is 5. The largest absolute Gasteiger partial charge is 0.396 e. The fourth-order valence-corrected chi connectivity index (χ4v) is 1.43. The Morgan fingerprint density at radius 3 is 2.88 bits per heavy atom. The highest BCUT2D eigenvalue weighted by atomic mass is 16.2. The van der Waals surface area contributed by atoms with Crippen LogP contribution in [0.5, 0.6) is 0 Å². The molecule has 0 aromatic carbocycles. The molecule has 2 aromatic heterocycles. The minimum atomic E-state index is -0.248. The van der Waals surface area contributed by atoms with Crippen molar-refractivity contribution in [2.24, 2.45) is 5.73 Å². The fraction of sp³-hybridized carbons (Fsp3) is 0.182. The number of anilines is 1. The van der Waals surface area contributed by atoms with Crippen LogP contribution in [0, 0.1) is 6.92 Å². The molecule has 0 saturated carbocycles. The Hall–Kier alpha value is -2.21. The molecule has 0 aliphatic carbocycles. The maximum atomic E-state index is 12.1. The quantitative estimate of drug-likeness (QED) is 0.775. The van der Waals surface area contributed by atoms with Gasteiger partial charge in [0.1, 0.15) is 0 Å². The zero-order chi connectivity index (χ0) is 12.4. The Morgan fingerprint density at radius 1 is 1.53 bits per heavy atom. The normalized spacial score (nSPS) is 10.5. The average Bonchev–Trinajstić information content (AvgIpc) is 2.69. The maximum absolute atomic E-state index is 12.1. The van der Waals surface area contributed by atoms with E-state index in [0.717, 1.165) is 0 Å². The molecule has 0 amide bonds. The van der Waals surface area contributed by atoms with Gasteiger partial charge in [-0.3, -0.25) is 9.78 Å². The Labute approximate surface area is 98.3 Å². The summed E-state index contributed by atoms with van der Waals surface area (Å²) in [7, 11) is 0. The van der Waals surface area contributed by atoms with Crippen molar-refractivity contribution in [2.45, 2.75) is 13.5 Å². The molecule has 88 valence electrons. The summed E-state index contributed by atoms with van der Waals surface area (Å²) in [6, 6.07) is 3.27. The molecular weight excluding hydrogens is 218 g/mol. The van der Waals surface area contributed by atoms with Crippen LogP contribution in [0.3, 0.4) is 0 Å². The molecule has 2 rings (SSSR count). The van der Waals surface area contributed by atoms with Gasteiger partial charge in [-0.25, -0.2) is 4.68 Å². The average molecular weight is 231 g/mol. The molecule has 0 atom stereocenters. The van der Waals surface area contributed by atoms with Crippen molar-refractivity contribution in [3.05, 3.63) is 41.5 Å². The zero-order valence-electron chi connectivity index (χ0n) is 9.42. The Kier molecular flexibility index (Phi) is 2.88. The van der Waals surface area contributed by atoms with Gasteiger partial charge in [0, 0.05) is 18.3 Å². The lowest BCUT2D eigenvalue weighted by Gasteiger charge is -2.02. The van der Waals surface area contributed by atoms with Crippen LogP contribution < -0.4 is 11.5 Å². The Bertz CT molecular complexity index is 541. The predicted molar refractivity (Wildman–Crippen MR) is 63.2 cm³/mol. The molecule has 0 saturated heterocycles. The standard InChI is InChI=1S/C11H13N5O/c1-7-10(13)6-16(15-7)11(17)8-2-3-14-9(4-8)5-12/h2-4,6H,5,12-13H2,1H3. The second-order valence-corrected chi connectivity index (χ2v) is 3.66. The van der Waals surface area contributed by atoms with Crippen molar-refractivity contribution in [1.29, 1.82) is 0 Å².